The first-order valence-corrected chi connectivity index (χ1v) is 11.0. The summed E-state index contributed by atoms with van der Waals surface area (Å²) in [4.78, 5) is 9.87. The lowest BCUT2D eigenvalue weighted by atomic mass is 10.2. The topological polar surface area (TPSA) is 70.2 Å². The third-order valence-electron chi connectivity index (χ3n) is 3.32. The van der Waals surface area contributed by atoms with Crippen molar-refractivity contribution in [3.05, 3.63) is 46.0 Å². The van der Waals surface area contributed by atoms with Crippen LogP contribution in [-0.4, -0.2) is 29.4 Å². The van der Waals surface area contributed by atoms with Crippen LogP contribution in [0, 0.1) is 15.9 Å². The van der Waals surface area contributed by atoms with E-state index in [1.54, 1.807) is 12.1 Å². The summed E-state index contributed by atoms with van der Waals surface area (Å²) in [5.74, 6) is -0.459. The van der Waals surface area contributed by atoms with E-state index in [4.69, 9.17) is 4.74 Å². The van der Waals surface area contributed by atoms with Gasteiger partial charge in [0.25, 0.3) is 0 Å². The quantitative estimate of drug-likeness (QED) is 0.334. The number of rotatable bonds is 7. The van der Waals surface area contributed by atoms with Crippen molar-refractivity contribution < 1.29 is 14.1 Å². The van der Waals surface area contributed by atoms with Crippen molar-refractivity contribution >= 4 is 25.1 Å². The van der Waals surface area contributed by atoms with Crippen molar-refractivity contribution in [1.82, 2.24) is 9.78 Å². The molecule has 0 saturated carbocycles. The highest BCUT2D eigenvalue weighted by Crippen LogP contribution is 2.23. The molecule has 0 unspecified atom stereocenters. The Kier molecular flexibility index (Phi) is 5.27. The van der Waals surface area contributed by atoms with E-state index in [2.05, 4.69) is 24.7 Å². The molecular formula is C15H20FN3O3Si. The molecule has 0 amide bonds. The van der Waals surface area contributed by atoms with Gasteiger partial charge in [-0.1, -0.05) is 25.7 Å². The van der Waals surface area contributed by atoms with Gasteiger partial charge in [0.15, 0.2) is 0 Å². The lowest BCUT2D eigenvalue weighted by molar-refractivity contribution is -0.400. The summed E-state index contributed by atoms with van der Waals surface area (Å²) < 4.78 is 21.2. The fraction of sp³-hybridized carbons (Fsp3) is 0.400. The first kappa shape index (κ1) is 17.3. The van der Waals surface area contributed by atoms with Gasteiger partial charge in [0.1, 0.15) is 18.2 Å². The van der Waals surface area contributed by atoms with Crippen molar-refractivity contribution in [3.63, 3.8) is 0 Å². The number of halogens is 1. The van der Waals surface area contributed by atoms with Gasteiger partial charge in [-0.15, -0.1) is 0 Å². The number of ether oxygens (including phenoxy) is 1. The van der Waals surface area contributed by atoms with Crippen LogP contribution in [0.3, 0.4) is 0 Å². The minimum Gasteiger partial charge on any atom is -0.360 e. The van der Waals surface area contributed by atoms with Gasteiger partial charge in [0, 0.05) is 20.8 Å². The van der Waals surface area contributed by atoms with E-state index in [1.165, 1.54) is 16.8 Å². The zero-order valence-electron chi connectivity index (χ0n) is 13.5. The predicted molar refractivity (Wildman–Crippen MR) is 89.8 cm³/mol. The molecule has 124 valence electrons. The van der Waals surface area contributed by atoms with E-state index in [-0.39, 0.29) is 17.8 Å². The van der Waals surface area contributed by atoms with Gasteiger partial charge in [-0.05, 0) is 18.2 Å². The SMILES string of the molecule is C[Si](C)(C)CCOCn1nc(/C=C/[N+](=O)[O-])c2c(F)cccc21. The Labute approximate surface area is 134 Å². The Hall–Kier alpha value is -2.06. The summed E-state index contributed by atoms with van der Waals surface area (Å²) in [5, 5.41) is 15.0. The highest BCUT2D eigenvalue weighted by Gasteiger charge is 2.15. The van der Waals surface area contributed by atoms with E-state index in [9.17, 15) is 14.5 Å². The normalized spacial score (nSPS) is 12.3. The Morgan fingerprint density at radius 1 is 1.43 bits per heavy atom. The predicted octanol–water partition coefficient (Wildman–Crippen LogP) is 3.74. The summed E-state index contributed by atoms with van der Waals surface area (Å²) in [5.41, 5.74) is 0.782. The standard InChI is InChI=1S/C15H20FN3O3Si/c1-23(2,3)10-9-22-11-18-14-6-4-5-12(16)15(14)13(17-18)7-8-19(20)21/h4-8H,9-11H2,1-3H3/b8-7+. The minimum atomic E-state index is -1.18. The van der Waals surface area contributed by atoms with Crippen LogP contribution < -0.4 is 0 Å². The van der Waals surface area contributed by atoms with Crippen molar-refractivity contribution in [2.24, 2.45) is 0 Å². The molecule has 0 aliphatic rings. The van der Waals surface area contributed by atoms with Gasteiger partial charge < -0.3 is 4.74 Å². The zero-order chi connectivity index (χ0) is 17.0. The van der Waals surface area contributed by atoms with Crippen LogP contribution in [0.5, 0.6) is 0 Å². The molecule has 0 atom stereocenters. The van der Waals surface area contributed by atoms with Crippen LogP contribution in [0.2, 0.25) is 25.7 Å². The molecule has 0 aliphatic carbocycles. The summed E-state index contributed by atoms with van der Waals surface area (Å²) in [6.07, 6.45) is 1.95. The van der Waals surface area contributed by atoms with Crippen LogP contribution >= 0.6 is 0 Å². The fourth-order valence-corrected chi connectivity index (χ4v) is 2.85. The molecule has 0 radical (unpaired) electrons. The van der Waals surface area contributed by atoms with Crippen molar-refractivity contribution in [1.29, 1.82) is 0 Å². The van der Waals surface area contributed by atoms with E-state index in [0.717, 1.165) is 12.2 Å². The maximum atomic E-state index is 14.0. The minimum absolute atomic E-state index is 0.191. The van der Waals surface area contributed by atoms with Gasteiger partial charge in [-0.3, -0.25) is 10.1 Å². The molecule has 6 nitrogen and oxygen atoms in total. The summed E-state index contributed by atoms with van der Waals surface area (Å²) >= 11 is 0. The van der Waals surface area contributed by atoms with E-state index < -0.39 is 18.8 Å². The van der Waals surface area contributed by atoms with Gasteiger partial charge in [0.05, 0.1) is 15.8 Å². The van der Waals surface area contributed by atoms with Crippen LogP contribution in [0.25, 0.3) is 17.0 Å². The first-order chi connectivity index (χ1) is 10.8. The number of nitro groups is 1. The summed E-state index contributed by atoms with van der Waals surface area (Å²) in [7, 11) is -1.18. The molecule has 23 heavy (non-hydrogen) atoms. The van der Waals surface area contributed by atoms with Crippen molar-refractivity contribution in [2.75, 3.05) is 6.61 Å². The van der Waals surface area contributed by atoms with Crippen LogP contribution in [0.4, 0.5) is 4.39 Å². The van der Waals surface area contributed by atoms with E-state index in [1.807, 2.05) is 0 Å². The molecule has 1 heterocycles. The zero-order valence-corrected chi connectivity index (χ0v) is 14.5. The highest BCUT2D eigenvalue weighted by atomic mass is 28.3. The van der Waals surface area contributed by atoms with Crippen LogP contribution in [0.15, 0.2) is 24.4 Å². The number of hydrogen-bond acceptors (Lipinski definition) is 4. The Bertz CT molecular complexity index is 737. The van der Waals surface area contributed by atoms with Gasteiger partial charge in [-0.2, -0.15) is 5.10 Å². The Morgan fingerprint density at radius 2 is 2.17 bits per heavy atom. The number of benzene rings is 1. The summed E-state index contributed by atoms with van der Waals surface area (Å²) in [6, 6.07) is 5.63. The van der Waals surface area contributed by atoms with Crippen molar-refractivity contribution in [2.45, 2.75) is 32.4 Å². The molecule has 0 N–H and O–H groups in total. The number of aromatic nitrogens is 2. The Balaban J connectivity index is 2.23. The van der Waals surface area contributed by atoms with Gasteiger partial charge in [-0.25, -0.2) is 9.07 Å². The maximum Gasteiger partial charge on any atom is 0.236 e. The second-order valence-electron chi connectivity index (χ2n) is 6.47. The molecule has 1 aromatic carbocycles. The molecule has 0 fully saturated rings. The second kappa shape index (κ2) is 7.01. The molecule has 1 aromatic heterocycles. The van der Waals surface area contributed by atoms with Gasteiger partial charge >= 0.3 is 0 Å². The van der Waals surface area contributed by atoms with Crippen LogP contribution in [-0.2, 0) is 11.5 Å². The number of hydrogen-bond donors (Lipinski definition) is 0. The maximum absolute atomic E-state index is 14.0. The lowest BCUT2D eigenvalue weighted by Crippen LogP contribution is -2.22. The Morgan fingerprint density at radius 3 is 2.83 bits per heavy atom. The molecule has 0 bridgehead atoms. The van der Waals surface area contributed by atoms with Crippen molar-refractivity contribution in [3.8, 4) is 0 Å². The number of fused-ring (bicyclic) bond motifs is 1. The second-order valence-corrected chi connectivity index (χ2v) is 12.1. The third kappa shape index (κ3) is 4.70. The van der Waals surface area contributed by atoms with E-state index in [0.29, 0.717) is 12.1 Å². The highest BCUT2D eigenvalue weighted by molar-refractivity contribution is 6.76. The molecular weight excluding hydrogens is 317 g/mol. The number of nitrogens with zero attached hydrogens (tertiary/aromatic N) is 3. The largest absolute Gasteiger partial charge is 0.360 e. The molecule has 8 heteroatoms. The first-order valence-electron chi connectivity index (χ1n) is 7.32. The monoisotopic (exact) mass is 337 g/mol. The molecule has 2 rings (SSSR count). The van der Waals surface area contributed by atoms with Crippen LogP contribution in [0.1, 0.15) is 5.69 Å². The molecule has 0 saturated heterocycles. The van der Waals surface area contributed by atoms with Gasteiger partial charge in [0.2, 0.25) is 6.20 Å². The third-order valence-corrected chi connectivity index (χ3v) is 5.02. The molecule has 2 aromatic rings. The fourth-order valence-electron chi connectivity index (χ4n) is 2.09. The molecule has 0 aliphatic heterocycles. The smallest absolute Gasteiger partial charge is 0.236 e. The summed E-state index contributed by atoms with van der Waals surface area (Å²) in [6.45, 7) is 7.59. The lowest BCUT2D eigenvalue weighted by Gasteiger charge is -2.15. The van der Waals surface area contributed by atoms with E-state index >= 15 is 0 Å². The average molecular weight is 337 g/mol. The molecule has 0 spiro atoms. The average Bonchev–Trinajstić information content (AvgIpc) is 2.80.